The van der Waals surface area contributed by atoms with Gasteiger partial charge in [0.2, 0.25) is 0 Å². The fourth-order valence-electron chi connectivity index (χ4n) is 1.45. The highest BCUT2D eigenvalue weighted by Crippen LogP contribution is 2.14. The van der Waals surface area contributed by atoms with E-state index in [9.17, 15) is 0 Å². The van der Waals surface area contributed by atoms with Crippen LogP contribution in [0.4, 0.5) is 0 Å². The lowest BCUT2D eigenvalue weighted by Gasteiger charge is -2.12. The number of nitrogens with one attached hydrogen (secondary N) is 2. The van der Waals surface area contributed by atoms with Gasteiger partial charge in [-0.3, -0.25) is 4.99 Å². The largest absolute Gasteiger partial charge is 0.356 e. The monoisotopic (exact) mass is 297 g/mol. The lowest BCUT2D eigenvalue weighted by Crippen LogP contribution is -2.38. The van der Waals surface area contributed by atoms with Crippen LogP contribution in [0.3, 0.4) is 0 Å². The van der Waals surface area contributed by atoms with E-state index >= 15 is 0 Å². The number of hydrogen-bond acceptors (Lipinski definition) is 2. The van der Waals surface area contributed by atoms with Gasteiger partial charge in [-0.25, -0.2) is 0 Å². The highest BCUT2D eigenvalue weighted by atomic mass is 35.5. The second-order valence-corrected chi connectivity index (χ2v) is 5.36. The number of hydrogen-bond donors (Lipinski definition) is 2. The second-order valence-electron chi connectivity index (χ2n) is 3.81. The Morgan fingerprint density at radius 1 is 1.42 bits per heavy atom. The molecular weight excluding hydrogens is 278 g/mol. The number of halogens is 1. The van der Waals surface area contributed by atoms with Gasteiger partial charge in [0, 0.05) is 36.7 Å². The predicted molar refractivity (Wildman–Crippen MR) is 87.2 cm³/mol. The summed E-state index contributed by atoms with van der Waals surface area (Å²) in [5.74, 6) is 2.80. The average Bonchev–Trinajstić information content (AvgIpc) is 2.43. The summed E-state index contributed by atoms with van der Waals surface area (Å²) in [4.78, 5) is 4.17. The van der Waals surface area contributed by atoms with E-state index in [-0.39, 0.29) is 0 Å². The molecule has 0 atom stereocenters. The van der Waals surface area contributed by atoms with Gasteiger partial charge in [0.15, 0.2) is 5.96 Å². The Morgan fingerprint density at radius 2 is 2.21 bits per heavy atom. The summed E-state index contributed by atoms with van der Waals surface area (Å²) in [6.45, 7) is 5.23. The van der Waals surface area contributed by atoms with Gasteiger partial charge in [-0.05, 0) is 11.6 Å². The van der Waals surface area contributed by atoms with E-state index in [2.05, 4.69) is 22.2 Å². The minimum Gasteiger partial charge on any atom is -0.356 e. The first kappa shape index (κ1) is 15.9. The maximum absolute atomic E-state index is 6.10. The molecule has 0 bridgehead atoms. The fourth-order valence-corrected chi connectivity index (χ4v) is 2.23. The maximum atomic E-state index is 6.10. The van der Waals surface area contributed by atoms with Gasteiger partial charge in [-0.1, -0.05) is 35.9 Å². The Labute approximate surface area is 124 Å². The summed E-state index contributed by atoms with van der Waals surface area (Å²) in [5, 5.41) is 7.27. The van der Waals surface area contributed by atoms with Crippen LogP contribution in [0.2, 0.25) is 5.02 Å². The number of rotatable bonds is 7. The molecule has 1 rings (SSSR count). The molecular formula is C14H20ClN3S. The molecule has 0 aliphatic heterocycles. The minimum atomic E-state index is 0.666. The molecule has 1 aromatic carbocycles. The summed E-state index contributed by atoms with van der Waals surface area (Å²) < 4.78 is 0. The van der Waals surface area contributed by atoms with Crippen molar-refractivity contribution in [1.82, 2.24) is 10.6 Å². The van der Waals surface area contributed by atoms with Crippen molar-refractivity contribution in [3.63, 3.8) is 0 Å². The summed E-state index contributed by atoms with van der Waals surface area (Å²) in [5.41, 5.74) is 1.06. The first-order valence-corrected chi connectivity index (χ1v) is 7.67. The number of aliphatic imine (C=N–C) groups is 1. The zero-order valence-electron chi connectivity index (χ0n) is 11.2. The molecule has 0 aliphatic carbocycles. The molecule has 0 saturated carbocycles. The molecule has 2 N–H and O–H groups in total. The molecule has 0 fully saturated rings. The van der Waals surface area contributed by atoms with Crippen molar-refractivity contribution in [1.29, 1.82) is 0 Å². The minimum absolute atomic E-state index is 0.666. The Hall–Kier alpha value is -1.13. The molecule has 0 radical (unpaired) electrons. The zero-order valence-corrected chi connectivity index (χ0v) is 12.7. The summed E-state index contributed by atoms with van der Waals surface area (Å²) in [6, 6.07) is 7.80. The van der Waals surface area contributed by atoms with Gasteiger partial charge in [0.05, 0.1) is 0 Å². The van der Waals surface area contributed by atoms with Crippen LogP contribution in [-0.4, -0.2) is 31.1 Å². The Bertz CT molecular complexity index is 421. The van der Waals surface area contributed by atoms with E-state index in [1.165, 1.54) is 0 Å². The first-order valence-electron chi connectivity index (χ1n) is 6.14. The smallest absolute Gasteiger partial charge is 0.191 e. The fraction of sp³-hybridized carbons (Fsp3) is 0.357. The van der Waals surface area contributed by atoms with Crippen molar-refractivity contribution in [2.45, 2.75) is 6.54 Å². The van der Waals surface area contributed by atoms with Crippen molar-refractivity contribution < 1.29 is 0 Å². The van der Waals surface area contributed by atoms with Crippen molar-refractivity contribution in [3.05, 3.63) is 47.5 Å². The molecule has 0 heterocycles. The van der Waals surface area contributed by atoms with Crippen LogP contribution in [0.1, 0.15) is 5.56 Å². The number of thioether (sulfide) groups is 1. The lowest BCUT2D eigenvalue weighted by molar-refractivity contribution is 0.833. The summed E-state index contributed by atoms with van der Waals surface area (Å²) >= 11 is 7.94. The molecule has 0 aliphatic rings. The molecule has 5 heteroatoms. The third-order valence-electron chi connectivity index (χ3n) is 2.40. The molecule has 1 aromatic rings. The molecule has 0 aromatic heterocycles. The van der Waals surface area contributed by atoms with Crippen LogP contribution < -0.4 is 10.6 Å². The van der Waals surface area contributed by atoms with Crippen LogP contribution in [0.25, 0.3) is 0 Å². The Morgan fingerprint density at radius 3 is 2.89 bits per heavy atom. The van der Waals surface area contributed by atoms with Gasteiger partial charge in [0.25, 0.3) is 0 Å². The van der Waals surface area contributed by atoms with Crippen molar-refractivity contribution in [3.8, 4) is 0 Å². The highest BCUT2D eigenvalue weighted by molar-refractivity contribution is 7.99. The van der Waals surface area contributed by atoms with Crippen molar-refractivity contribution in [2.75, 3.05) is 25.1 Å². The van der Waals surface area contributed by atoms with E-state index in [4.69, 9.17) is 11.6 Å². The van der Waals surface area contributed by atoms with Gasteiger partial charge in [0.1, 0.15) is 0 Å². The van der Waals surface area contributed by atoms with E-state index < -0.39 is 0 Å². The van der Waals surface area contributed by atoms with E-state index in [1.54, 1.807) is 7.05 Å². The van der Waals surface area contributed by atoms with Gasteiger partial charge in [-0.15, -0.1) is 6.58 Å². The summed E-state index contributed by atoms with van der Waals surface area (Å²) in [6.07, 6.45) is 1.91. The first-order chi connectivity index (χ1) is 9.27. The van der Waals surface area contributed by atoms with Crippen LogP contribution in [0.15, 0.2) is 41.9 Å². The Balaban J connectivity index is 2.29. The Kier molecular flexibility index (Phi) is 8.18. The zero-order chi connectivity index (χ0) is 13.9. The molecule has 3 nitrogen and oxygen atoms in total. The van der Waals surface area contributed by atoms with Crippen LogP contribution in [-0.2, 0) is 6.54 Å². The highest BCUT2D eigenvalue weighted by Gasteiger charge is 2.00. The standard InChI is InChI=1S/C14H20ClN3S/c1-3-9-19-10-8-17-14(16-2)18-11-12-6-4-5-7-13(12)15/h3-7H,1,8-11H2,2H3,(H2,16,17,18). The lowest BCUT2D eigenvalue weighted by atomic mass is 10.2. The van der Waals surface area contributed by atoms with Crippen LogP contribution in [0.5, 0.6) is 0 Å². The van der Waals surface area contributed by atoms with E-state index in [1.807, 2.05) is 42.1 Å². The third-order valence-corrected chi connectivity index (χ3v) is 3.74. The maximum Gasteiger partial charge on any atom is 0.191 e. The van der Waals surface area contributed by atoms with Crippen molar-refractivity contribution in [2.24, 2.45) is 4.99 Å². The number of benzene rings is 1. The second kappa shape index (κ2) is 9.75. The van der Waals surface area contributed by atoms with Gasteiger partial charge >= 0.3 is 0 Å². The summed E-state index contributed by atoms with van der Waals surface area (Å²) in [7, 11) is 1.76. The van der Waals surface area contributed by atoms with Crippen LogP contribution in [0, 0.1) is 0 Å². The molecule has 0 spiro atoms. The van der Waals surface area contributed by atoms with E-state index in [0.717, 1.165) is 34.6 Å². The molecule has 19 heavy (non-hydrogen) atoms. The van der Waals surface area contributed by atoms with Crippen molar-refractivity contribution >= 4 is 29.3 Å². The number of guanidine groups is 1. The normalized spacial score (nSPS) is 11.2. The number of nitrogens with zero attached hydrogens (tertiary/aromatic N) is 1. The SMILES string of the molecule is C=CCSCCNC(=NC)NCc1ccccc1Cl. The average molecular weight is 298 g/mol. The van der Waals surface area contributed by atoms with Gasteiger partial charge in [-0.2, -0.15) is 11.8 Å². The van der Waals surface area contributed by atoms with Gasteiger partial charge < -0.3 is 10.6 Å². The van der Waals surface area contributed by atoms with E-state index in [0.29, 0.717) is 6.54 Å². The predicted octanol–water partition coefficient (Wildman–Crippen LogP) is 2.92. The third kappa shape index (κ3) is 6.55. The topological polar surface area (TPSA) is 36.4 Å². The molecule has 0 saturated heterocycles. The molecule has 0 amide bonds. The quantitative estimate of drug-likeness (QED) is 0.352. The molecule has 104 valence electrons. The van der Waals surface area contributed by atoms with Crippen LogP contribution >= 0.6 is 23.4 Å². The molecule has 0 unspecified atom stereocenters.